The van der Waals surface area contributed by atoms with Crippen LogP contribution in [-0.2, 0) is 6.42 Å². The Hall–Kier alpha value is -1.68. The van der Waals surface area contributed by atoms with Crippen LogP contribution in [0.25, 0.3) is 0 Å². The quantitative estimate of drug-likeness (QED) is 0.889. The Morgan fingerprint density at radius 2 is 2.25 bits per heavy atom. The SMILES string of the molecule is Cc1cc(C(=O)NC2CCCc3sccc32)ccc1F. The number of thiophene rings is 1. The summed E-state index contributed by atoms with van der Waals surface area (Å²) < 4.78 is 13.2. The molecule has 3 rings (SSSR count). The molecule has 0 fully saturated rings. The fourth-order valence-corrected chi connectivity index (χ4v) is 3.65. The van der Waals surface area contributed by atoms with Crippen molar-refractivity contribution in [2.75, 3.05) is 0 Å². The maximum absolute atomic E-state index is 13.2. The second kappa shape index (κ2) is 5.37. The maximum atomic E-state index is 13.2. The molecule has 0 radical (unpaired) electrons. The number of carbonyl (C=O) groups is 1. The summed E-state index contributed by atoms with van der Waals surface area (Å²) in [5.74, 6) is -0.406. The van der Waals surface area contributed by atoms with Crippen molar-refractivity contribution in [3.63, 3.8) is 0 Å². The minimum atomic E-state index is -0.278. The van der Waals surface area contributed by atoms with E-state index >= 15 is 0 Å². The highest BCUT2D eigenvalue weighted by Gasteiger charge is 2.23. The predicted molar refractivity (Wildman–Crippen MR) is 78.6 cm³/mol. The molecule has 1 atom stereocenters. The second-order valence-corrected chi connectivity index (χ2v) is 6.18. The lowest BCUT2D eigenvalue weighted by molar-refractivity contribution is 0.0933. The average Bonchev–Trinajstić information content (AvgIpc) is 2.91. The van der Waals surface area contributed by atoms with Crippen molar-refractivity contribution in [3.05, 3.63) is 57.0 Å². The van der Waals surface area contributed by atoms with Gasteiger partial charge in [-0.25, -0.2) is 4.39 Å². The lowest BCUT2D eigenvalue weighted by Gasteiger charge is -2.23. The Morgan fingerprint density at radius 3 is 3.05 bits per heavy atom. The third kappa shape index (κ3) is 2.48. The molecule has 0 bridgehead atoms. The molecule has 104 valence electrons. The summed E-state index contributed by atoms with van der Waals surface area (Å²) in [6, 6.07) is 6.67. The lowest BCUT2D eigenvalue weighted by Crippen LogP contribution is -2.30. The van der Waals surface area contributed by atoms with E-state index in [4.69, 9.17) is 0 Å². The molecule has 2 nitrogen and oxygen atoms in total. The Balaban J connectivity index is 1.79. The molecule has 0 saturated heterocycles. The number of aryl methyl sites for hydroxylation is 2. The number of halogens is 1. The number of benzene rings is 1. The molecule has 1 aromatic carbocycles. The molecular weight excluding hydrogens is 273 g/mol. The number of fused-ring (bicyclic) bond motifs is 1. The molecule has 1 N–H and O–H groups in total. The summed E-state index contributed by atoms with van der Waals surface area (Å²) in [5.41, 5.74) is 2.26. The molecule has 1 heterocycles. The fourth-order valence-electron chi connectivity index (χ4n) is 2.66. The summed E-state index contributed by atoms with van der Waals surface area (Å²) in [4.78, 5) is 13.7. The number of amides is 1. The van der Waals surface area contributed by atoms with E-state index in [1.54, 1.807) is 24.3 Å². The molecule has 1 aliphatic rings. The van der Waals surface area contributed by atoms with E-state index in [0.717, 1.165) is 19.3 Å². The Morgan fingerprint density at radius 1 is 1.40 bits per heavy atom. The van der Waals surface area contributed by atoms with E-state index < -0.39 is 0 Å². The van der Waals surface area contributed by atoms with Gasteiger partial charge in [0.15, 0.2) is 0 Å². The van der Waals surface area contributed by atoms with Gasteiger partial charge in [-0.05, 0) is 67.0 Å². The summed E-state index contributed by atoms with van der Waals surface area (Å²) in [6.07, 6.45) is 3.17. The smallest absolute Gasteiger partial charge is 0.251 e. The molecule has 0 saturated carbocycles. The fraction of sp³-hybridized carbons (Fsp3) is 0.312. The predicted octanol–water partition coefficient (Wildman–Crippen LogP) is 4.00. The minimum Gasteiger partial charge on any atom is -0.345 e. The van der Waals surface area contributed by atoms with Crippen molar-refractivity contribution in [2.24, 2.45) is 0 Å². The lowest BCUT2D eigenvalue weighted by atomic mass is 9.94. The van der Waals surface area contributed by atoms with Crippen LogP contribution in [0.4, 0.5) is 4.39 Å². The molecule has 4 heteroatoms. The van der Waals surface area contributed by atoms with Crippen LogP contribution in [-0.4, -0.2) is 5.91 Å². The first-order valence-corrected chi connectivity index (χ1v) is 7.66. The third-order valence-electron chi connectivity index (χ3n) is 3.78. The van der Waals surface area contributed by atoms with Crippen LogP contribution >= 0.6 is 11.3 Å². The van der Waals surface area contributed by atoms with Gasteiger partial charge < -0.3 is 5.32 Å². The topological polar surface area (TPSA) is 29.1 Å². The zero-order valence-electron chi connectivity index (χ0n) is 11.3. The average molecular weight is 289 g/mol. The monoisotopic (exact) mass is 289 g/mol. The van der Waals surface area contributed by atoms with E-state index in [9.17, 15) is 9.18 Å². The highest BCUT2D eigenvalue weighted by Crippen LogP contribution is 2.33. The first-order chi connectivity index (χ1) is 9.65. The normalized spacial score (nSPS) is 17.6. The standard InChI is InChI=1S/C16H16FNOS/c1-10-9-11(5-6-13(10)17)16(19)18-14-3-2-4-15-12(14)7-8-20-15/h5-9,14H,2-4H2,1H3,(H,18,19). The largest absolute Gasteiger partial charge is 0.345 e. The first-order valence-electron chi connectivity index (χ1n) is 6.78. The highest BCUT2D eigenvalue weighted by atomic mass is 32.1. The van der Waals surface area contributed by atoms with Crippen LogP contribution in [0.15, 0.2) is 29.6 Å². The van der Waals surface area contributed by atoms with E-state index in [2.05, 4.69) is 16.8 Å². The second-order valence-electron chi connectivity index (χ2n) is 5.18. The minimum absolute atomic E-state index is 0.0860. The number of carbonyl (C=O) groups excluding carboxylic acids is 1. The van der Waals surface area contributed by atoms with Crippen molar-refractivity contribution in [3.8, 4) is 0 Å². The molecular formula is C16H16FNOS. The van der Waals surface area contributed by atoms with Gasteiger partial charge in [0.25, 0.3) is 5.91 Å². The van der Waals surface area contributed by atoms with Crippen molar-refractivity contribution in [1.29, 1.82) is 0 Å². The van der Waals surface area contributed by atoms with E-state index in [1.807, 2.05) is 0 Å². The van der Waals surface area contributed by atoms with Crippen molar-refractivity contribution in [2.45, 2.75) is 32.2 Å². The summed E-state index contributed by atoms with van der Waals surface area (Å²) in [5, 5.41) is 5.15. The summed E-state index contributed by atoms with van der Waals surface area (Å²) in [6.45, 7) is 1.67. The molecule has 0 spiro atoms. The zero-order chi connectivity index (χ0) is 14.1. The zero-order valence-corrected chi connectivity index (χ0v) is 12.1. The first kappa shape index (κ1) is 13.3. The van der Waals surface area contributed by atoms with Crippen LogP contribution in [0.1, 0.15) is 45.2 Å². The molecule has 1 unspecified atom stereocenters. The summed E-state index contributed by atoms with van der Waals surface area (Å²) in [7, 11) is 0. The Kier molecular flexibility index (Phi) is 3.57. The van der Waals surface area contributed by atoms with Crippen LogP contribution < -0.4 is 5.32 Å². The van der Waals surface area contributed by atoms with Gasteiger partial charge in [-0.3, -0.25) is 4.79 Å². The van der Waals surface area contributed by atoms with Gasteiger partial charge in [-0.15, -0.1) is 11.3 Å². The number of rotatable bonds is 2. The van der Waals surface area contributed by atoms with Gasteiger partial charge in [0.2, 0.25) is 0 Å². The van der Waals surface area contributed by atoms with Gasteiger partial charge in [0.05, 0.1) is 6.04 Å². The highest BCUT2D eigenvalue weighted by molar-refractivity contribution is 7.10. The van der Waals surface area contributed by atoms with E-state index in [0.29, 0.717) is 11.1 Å². The van der Waals surface area contributed by atoms with Crippen LogP contribution in [0.2, 0.25) is 0 Å². The van der Waals surface area contributed by atoms with Crippen LogP contribution in [0.3, 0.4) is 0 Å². The molecule has 1 aromatic heterocycles. The molecule has 0 aliphatic heterocycles. The summed E-state index contributed by atoms with van der Waals surface area (Å²) >= 11 is 1.76. The third-order valence-corrected chi connectivity index (χ3v) is 4.77. The van der Waals surface area contributed by atoms with E-state index in [-0.39, 0.29) is 17.8 Å². The van der Waals surface area contributed by atoms with Crippen LogP contribution in [0.5, 0.6) is 0 Å². The molecule has 1 amide bonds. The van der Waals surface area contributed by atoms with Crippen molar-refractivity contribution in [1.82, 2.24) is 5.32 Å². The van der Waals surface area contributed by atoms with E-state index in [1.165, 1.54) is 22.6 Å². The van der Waals surface area contributed by atoms with Gasteiger partial charge in [0.1, 0.15) is 5.82 Å². The Bertz CT molecular complexity index is 650. The maximum Gasteiger partial charge on any atom is 0.251 e. The van der Waals surface area contributed by atoms with Gasteiger partial charge >= 0.3 is 0 Å². The number of hydrogen-bond acceptors (Lipinski definition) is 2. The number of nitrogens with one attached hydrogen (secondary N) is 1. The number of hydrogen-bond donors (Lipinski definition) is 1. The van der Waals surface area contributed by atoms with Gasteiger partial charge in [-0.1, -0.05) is 0 Å². The Labute approximate surface area is 121 Å². The molecule has 1 aliphatic carbocycles. The molecule has 2 aromatic rings. The van der Waals surface area contributed by atoms with Crippen LogP contribution in [0, 0.1) is 12.7 Å². The van der Waals surface area contributed by atoms with Crippen molar-refractivity contribution >= 4 is 17.2 Å². The van der Waals surface area contributed by atoms with Crippen molar-refractivity contribution < 1.29 is 9.18 Å². The van der Waals surface area contributed by atoms with Gasteiger partial charge in [-0.2, -0.15) is 0 Å². The molecule has 20 heavy (non-hydrogen) atoms. The van der Waals surface area contributed by atoms with Gasteiger partial charge in [0, 0.05) is 10.4 Å².